The summed E-state index contributed by atoms with van der Waals surface area (Å²) in [7, 11) is 0. The Morgan fingerprint density at radius 1 is 1.21 bits per heavy atom. The predicted molar refractivity (Wildman–Crippen MR) is 106 cm³/mol. The first-order chi connectivity index (χ1) is 13.6. The number of hydrogen-bond acceptors (Lipinski definition) is 4. The summed E-state index contributed by atoms with van der Waals surface area (Å²) in [5, 5.41) is 11.4. The monoisotopic (exact) mass is 386 g/mol. The number of nitrogens with one attached hydrogen (secondary N) is 1. The molecule has 0 bridgehead atoms. The Morgan fingerprint density at radius 3 is 2.71 bits per heavy atom. The van der Waals surface area contributed by atoms with Gasteiger partial charge in [0.05, 0.1) is 35.3 Å². The van der Waals surface area contributed by atoms with Crippen LogP contribution >= 0.6 is 0 Å². The summed E-state index contributed by atoms with van der Waals surface area (Å²) in [6.45, 7) is 8.75. The van der Waals surface area contributed by atoms with Crippen molar-refractivity contribution in [3.8, 4) is 0 Å². The van der Waals surface area contributed by atoms with Gasteiger partial charge in [0.1, 0.15) is 0 Å². The molecule has 0 radical (unpaired) electrons. The minimum Gasteiger partial charge on any atom is -0.339 e. The average molecular weight is 387 g/mol. The van der Waals surface area contributed by atoms with Crippen LogP contribution in [0.15, 0.2) is 18.6 Å². The van der Waals surface area contributed by atoms with Gasteiger partial charge < -0.3 is 9.80 Å². The summed E-state index contributed by atoms with van der Waals surface area (Å²) in [6, 6.07) is -0.173. The van der Waals surface area contributed by atoms with Crippen LogP contribution in [0.3, 0.4) is 0 Å². The van der Waals surface area contributed by atoms with E-state index in [0.29, 0.717) is 30.8 Å². The van der Waals surface area contributed by atoms with Crippen LogP contribution in [-0.4, -0.2) is 61.2 Å². The van der Waals surface area contributed by atoms with Gasteiger partial charge in [-0.05, 0) is 39.5 Å². The number of amides is 2. The Hall–Kier alpha value is -2.64. The van der Waals surface area contributed by atoms with E-state index in [9.17, 15) is 9.59 Å². The zero-order valence-corrected chi connectivity index (χ0v) is 17.0. The van der Waals surface area contributed by atoms with Crippen molar-refractivity contribution in [3.63, 3.8) is 0 Å². The number of aryl methyl sites for hydroxylation is 1. The first-order valence-electron chi connectivity index (χ1n) is 10.3. The Morgan fingerprint density at radius 2 is 2.00 bits per heavy atom. The SMILES string of the molecule is CCCn1cc(C(=O)N2CCCC[C@@H]2c2[nH]ncc2C(=O)N(CC)CC)cn1. The molecule has 0 unspecified atom stereocenters. The van der Waals surface area contributed by atoms with Crippen molar-refractivity contribution < 1.29 is 9.59 Å². The van der Waals surface area contributed by atoms with Crippen LogP contribution in [-0.2, 0) is 6.54 Å². The van der Waals surface area contributed by atoms with Gasteiger partial charge in [0.15, 0.2) is 0 Å². The number of piperidine rings is 1. The number of hydrogen-bond donors (Lipinski definition) is 1. The molecule has 2 amide bonds. The van der Waals surface area contributed by atoms with Crippen molar-refractivity contribution in [2.75, 3.05) is 19.6 Å². The van der Waals surface area contributed by atoms with Gasteiger partial charge in [-0.2, -0.15) is 10.2 Å². The summed E-state index contributed by atoms with van der Waals surface area (Å²) in [6.07, 6.45) is 8.79. The van der Waals surface area contributed by atoms with E-state index in [1.807, 2.05) is 24.9 Å². The fourth-order valence-electron chi connectivity index (χ4n) is 3.87. The molecular formula is C20H30N6O2. The molecule has 2 aromatic rings. The number of rotatable bonds is 7. The van der Waals surface area contributed by atoms with E-state index in [-0.39, 0.29) is 17.9 Å². The Balaban J connectivity index is 1.87. The van der Waals surface area contributed by atoms with Crippen molar-refractivity contribution in [1.29, 1.82) is 0 Å². The number of carbonyl (C=O) groups excluding carboxylic acids is 2. The third-order valence-electron chi connectivity index (χ3n) is 5.38. The molecule has 1 aliphatic heterocycles. The number of aromatic nitrogens is 4. The van der Waals surface area contributed by atoms with Gasteiger partial charge in [0.25, 0.3) is 11.8 Å². The van der Waals surface area contributed by atoms with Crippen molar-refractivity contribution in [2.24, 2.45) is 0 Å². The van der Waals surface area contributed by atoms with Crippen molar-refractivity contribution in [1.82, 2.24) is 29.8 Å². The van der Waals surface area contributed by atoms with Crippen LogP contribution in [0.2, 0.25) is 0 Å². The fourth-order valence-corrected chi connectivity index (χ4v) is 3.87. The van der Waals surface area contributed by atoms with Gasteiger partial charge >= 0.3 is 0 Å². The molecule has 3 heterocycles. The lowest BCUT2D eigenvalue weighted by atomic mass is 9.96. The molecule has 0 aliphatic carbocycles. The summed E-state index contributed by atoms with van der Waals surface area (Å²) in [5.74, 6) is -0.0784. The molecular weight excluding hydrogens is 356 g/mol. The summed E-state index contributed by atoms with van der Waals surface area (Å²) in [5.41, 5.74) is 1.90. The number of nitrogens with zero attached hydrogens (tertiary/aromatic N) is 5. The minimum absolute atomic E-state index is 0.0390. The van der Waals surface area contributed by atoms with Crippen molar-refractivity contribution in [3.05, 3.63) is 35.4 Å². The molecule has 28 heavy (non-hydrogen) atoms. The fraction of sp³-hybridized carbons (Fsp3) is 0.600. The number of likely N-dealkylation sites (tertiary alicyclic amines) is 1. The molecule has 1 atom stereocenters. The van der Waals surface area contributed by atoms with Gasteiger partial charge in [-0.3, -0.25) is 19.4 Å². The maximum Gasteiger partial charge on any atom is 0.257 e. The third kappa shape index (κ3) is 3.95. The minimum atomic E-state index is -0.173. The van der Waals surface area contributed by atoms with Crippen LogP contribution in [0.5, 0.6) is 0 Å². The highest BCUT2D eigenvalue weighted by Crippen LogP contribution is 2.33. The number of carbonyl (C=O) groups is 2. The summed E-state index contributed by atoms with van der Waals surface area (Å²) >= 11 is 0. The summed E-state index contributed by atoms with van der Waals surface area (Å²) < 4.78 is 1.80. The van der Waals surface area contributed by atoms with E-state index < -0.39 is 0 Å². The lowest BCUT2D eigenvalue weighted by Crippen LogP contribution is -2.40. The van der Waals surface area contributed by atoms with E-state index >= 15 is 0 Å². The first kappa shape index (κ1) is 20.1. The molecule has 1 N–H and O–H groups in total. The average Bonchev–Trinajstić information content (AvgIpc) is 3.38. The van der Waals surface area contributed by atoms with Gasteiger partial charge in [-0.1, -0.05) is 6.92 Å². The molecule has 2 aromatic heterocycles. The molecule has 1 aliphatic rings. The van der Waals surface area contributed by atoms with E-state index in [4.69, 9.17) is 0 Å². The zero-order valence-electron chi connectivity index (χ0n) is 17.0. The second-order valence-corrected chi connectivity index (χ2v) is 7.18. The lowest BCUT2D eigenvalue weighted by Gasteiger charge is -2.35. The standard InChI is InChI=1S/C20H30N6O2/c1-4-10-25-14-15(12-22-25)19(27)26-11-8-7-9-17(26)18-16(13-21-23-18)20(28)24(5-2)6-3/h12-14,17H,4-11H2,1-3H3,(H,21,23)/t17-/m1/s1. The van der Waals surface area contributed by atoms with Crippen LogP contribution < -0.4 is 0 Å². The van der Waals surface area contributed by atoms with Gasteiger partial charge in [-0.15, -0.1) is 0 Å². The first-order valence-corrected chi connectivity index (χ1v) is 10.3. The van der Waals surface area contributed by atoms with E-state index in [2.05, 4.69) is 22.2 Å². The molecule has 0 spiro atoms. The Kier molecular flexibility index (Phi) is 6.49. The number of aromatic amines is 1. The smallest absolute Gasteiger partial charge is 0.257 e. The quantitative estimate of drug-likeness (QED) is 0.793. The molecule has 0 saturated carbocycles. The highest BCUT2D eigenvalue weighted by molar-refractivity contribution is 5.96. The third-order valence-corrected chi connectivity index (χ3v) is 5.38. The second-order valence-electron chi connectivity index (χ2n) is 7.18. The highest BCUT2D eigenvalue weighted by Gasteiger charge is 2.33. The predicted octanol–water partition coefficient (Wildman–Crippen LogP) is 2.87. The molecule has 8 nitrogen and oxygen atoms in total. The Labute approximate surface area is 165 Å². The van der Waals surface area contributed by atoms with Crippen molar-refractivity contribution >= 4 is 11.8 Å². The number of H-pyrrole nitrogens is 1. The maximum atomic E-state index is 13.2. The van der Waals surface area contributed by atoms with Crippen LogP contribution in [0.1, 0.15) is 78.9 Å². The summed E-state index contributed by atoms with van der Waals surface area (Å²) in [4.78, 5) is 29.7. The molecule has 0 aromatic carbocycles. The van der Waals surface area contributed by atoms with Gasteiger partial charge in [-0.25, -0.2) is 0 Å². The Bertz CT molecular complexity index is 807. The van der Waals surface area contributed by atoms with E-state index in [1.54, 1.807) is 22.0 Å². The van der Waals surface area contributed by atoms with Crippen LogP contribution in [0.25, 0.3) is 0 Å². The van der Waals surface area contributed by atoms with Crippen LogP contribution in [0, 0.1) is 0 Å². The van der Waals surface area contributed by atoms with Crippen molar-refractivity contribution in [2.45, 2.75) is 59.0 Å². The van der Waals surface area contributed by atoms with E-state index in [1.165, 1.54) is 0 Å². The normalized spacial score (nSPS) is 17.0. The largest absolute Gasteiger partial charge is 0.339 e. The van der Waals surface area contributed by atoms with Gasteiger partial charge in [0.2, 0.25) is 0 Å². The molecule has 152 valence electrons. The molecule has 8 heteroatoms. The molecule has 1 saturated heterocycles. The molecule has 3 rings (SSSR count). The zero-order chi connectivity index (χ0) is 20.1. The topological polar surface area (TPSA) is 87.1 Å². The maximum absolute atomic E-state index is 13.2. The molecule has 1 fully saturated rings. The second kappa shape index (κ2) is 9.03. The highest BCUT2D eigenvalue weighted by atomic mass is 16.2. The van der Waals surface area contributed by atoms with E-state index in [0.717, 1.165) is 37.9 Å². The lowest BCUT2D eigenvalue weighted by molar-refractivity contribution is 0.0597. The van der Waals surface area contributed by atoms with Crippen LogP contribution in [0.4, 0.5) is 0 Å². The van der Waals surface area contributed by atoms with Gasteiger partial charge in [0, 0.05) is 32.4 Å².